The molecule has 1 aromatic carbocycles. The summed E-state index contributed by atoms with van der Waals surface area (Å²) in [5.41, 5.74) is 2.94. The first-order chi connectivity index (χ1) is 12.1. The number of rotatable bonds is 3. The number of carbonyl (C=O) groups excluding carboxylic acids is 1. The summed E-state index contributed by atoms with van der Waals surface area (Å²) in [4.78, 5) is 18.7. The summed E-state index contributed by atoms with van der Waals surface area (Å²) in [5.74, 6) is 1.17. The second kappa shape index (κ2) is 6.64. The molecule has 0 saturated carbocycles. The van der Waals surface area contributed by atoms with E-state index in [0.29, 0.717) is 12.5 Å². The van der Waals surface area contributed by atoms with Crippen molar-refractivity contribution in [1.29, 1.82) is 0 Å². The third-order valence-corrected chi connectivity index (χ3v) is 5.78. The van der Waals surface area contributed by atoms with E-state index in [-0.39, 0.29) is 18.0 Å². The molecule has 1 amide bonds. The number of amides is 1. The Hall–Kier alpha value is -2.14. The van der Waals surface area contributed by atoms with Gasteiger partial charge in [-0.2, -0.15) is 0 Å². The summed E-state index contributed by atoms with van der Waals surface area (Å²) < 4.78 is 2.03. The van der Waals surface area contributed by atoms with Gasteiger partial charge in [0.05, 0.1) is 0 Å². The molecule has 0 bridgehead atoms. The number of imidazole rings is 1. The minimum atomic E-state index is -0.00146. The standard InChI is InChI=1S/C20H26N4O/c1-23-12-11-21-20(23)19-17(9-10-18(25)24(19)2)22-16-8-7-14-5-3-4-6-15(14)13-16/h3-6,11-12,16-17,19,22H,7-10,13H2,1-2H3/t16?,17-,19-/m1/s1. The van der Waals surface area contributed by atoms with Gasteiger partial charge in [0.15, 0.2) is 0 Å². The average Bonchev–Trinajstić information content (AvgIpc) is 3.04. The van der Waals surface area contributed by atoms with Crippen molar-refractivity contribution in [2.24, 2.45) is 7.05 Å². The Bertz CT molecular complexity index is 769. The van der Waals surface area contributed by atoms with Gasteiger partial charge in [-0.3, -0.25) is 4.79 Å². The first-order valence-electron chi connectivity index (χ1n) is 9.19. The molecule has 1 unspecified atom stereocenters. The molecule has 2 aliphatic rings. The lowest BCUT2D eigenvalue weighted by molar-refractivity contribution is -0.136. The Morgan fingerprint density at radius 3 is 2.68 bits per heavy atom. The number of hydrogen-bond donors (Lipinski definition) is 1. The van der Waals surface area contributed by atoms with Gasteiger partial charge in [0.25, 0.3) is 0 Å². The Labute approximate surface area is 149 Å². The van der Waals surface area contributed by atoms with Gasteiger partial charge in [0, 0.05) is 45.0 Å². The lowest BCUT2D eigenvalue weighted by atomic mass is 9.86. The van der Waals surface area contributed by atoms with Gasteiger partial charge in [-0.15, -0.1) is 0 Å². The first-order valence-corrected chi connectivity index (χ1v) is 9.19. The largest absolute Gasteiger partial charge is 0.336 e. The zero-order chi connectivity index (χ0) is 17.4. The summed E-state index contributed by atoms with van der Waals surface area (Å²) in [6, 6.07) is 9.46. The number of benzene rings is 1. The van der Waals surface area contributed by atoms with Crippen LogP contribution in [0.25, 0.3) is 0 Å². The number of nitrogens with one attached hydrogen (secondary N) is 1. The molecule has 0 spiro atoms. The van der Waals surface area contributed by atoms with Crippen LogP contribution in [-0.2, 0) is 24.7 Å². The molecule has 4 rings (SSSR count). The molecule has 1 N–H and O–H groups in total. The normalized spacial score (nSPS) is 26.6. The summed E-state index contributed by atoms with van der Waals surface area (Å²) in [6.45, 7) is 0. The number of hydrogen-bond acceptors (Lipinski definition) is 3. The van der Waals surface area contributed by atoms with Crippen LogP contribution in [0.1, 0.15) is 42.3 Å². The zero-order valence-electron chi connectivity index (χ0n) is 15.0. The zero-order valence-corrected chi connectivity index (χ0v) is 15.0. The Morgan fingerprint density at radius 1 is 1.12 bits per heavy atom. The van der Waals surface area contributed by atoms with Crippen LogP contribution in [0.15, 0.2) is 36.7 Å². The molecule has 5 heteroatoms. The molecule has 0 radical (unpaired) electrons. The molecule has 2 aromatic rings. The van der Waals surface area contributed by atoms with Crippen molar-refractivity contribution in [3.05, 3.63) is 53.6 Å². The average molecular weight is 338 g/mol. The molecule has 1 aliphatic heterocycles. The molecular weight excluding hydrogens is 312 g/mol. The Kier molecular flexibility index (Phi) is 4.34. The lowest BCUT2D eigenvalue weighted by Gasteiger charge is -2.41. The highest BCUT2D eigenvalue weighted by Gasteiger charge is 2.38. The molecule has 1 aliphatic carbocycles. The highest BCUT2D eigenvalue weighted by atomic mass is 16.2. The number of likely N-dealkylation sites (tertiary alicyclic amines) is 1. The Balaban J connectivity index is 1.54. The summed E-state index contributed by atoms with van der Waals surface area (Å²) in [5, 5.41) is 3.87. The maximum Gasteiger partial charge on any atom is 0.223 e. The SMILES string of the molecule is CN1C(=O)CC[C@@H](NC2CCc3ccccc3C2)[C@@H]1c1nccn1C. The Morgan fingerprint density at radius 2 is 1.92 bits per heavy atom. The van der Waals surface area contributed by atoms with E-state index in [4.69, 9.17) is 0 Å². The minimum absolute atomic E-state index is 0.00146. The number of carbonyl (C=O) groups is 1. The van der Waals surface area contributed by atoms with Crippen LogP contribution in [0.5, 0.6) is 0 Å². The van der Waals surface area contributed by atoms with E-state index < -0.39 is 0 Å². The van der Waals surface area contributed by atoms with Crippen LogP contribution in [0, 0.1) is 0 Å². The van der Waals surface area contributed by atoms with Crippen molar-refractivity contribution in [1.82, 2.24) is 19.8 Å². The van der Waals surface area contributed by atoms with Gasteiger partial charge >= 0.3 is 0 Å². The maximum absolute atomic E-state index is 12.3. The van der Waals surface area contributed by atoms with Crippen LogP contribution >= 0.6 is 0 Å². The quantitative estimate of drug-likeness (QED) is 0.934. The summed E-state index contributed by atoms with van der Waals surface area (Å²) in [7, 11) is 3.91. The van der Waals surface area contributed by atoms with E-state index in [9.17, 15) is 4.79 Å². The highest BCUT2D eigenvalue weighted by Crippen LogP contribution is 2.31. The smallest absolute Gasteiger partial charge is 0.223 e. The number of piperidine rings is 1. The number of aromatic nitrogens is 2. The molecule has 1 aromatic heterocycles. The van der Waals surface area contributed by atoms with Crippen LogP contribution in [0.3, 0.4) is 0 Å². The van der Waals surface area contributed by atoms with Crippen molar-refractivity contribution in [2.45, 2.75) is 50.2 Å². The second-order valence-corrected chi connectivity index (χ2v) is 7.37. The van der Waals surface area contributed by atoms with Crippen molar-refractivity contribution in [2.75, 3.05) is 7.05 Å². The number of nitrogens with zero attached hydrogens (tertiary/aromatic N) is 3. The van der Waals surface area contributed by atoms with Crippen LogP contribution in [0.4, 0.5) is 0 Å². The van der Waals surface area contributed by atoms with E-state index >= 15 is 0 Å². The van der Waals surface area contributed by atoms with E-state index in [0.717, 1.165) is 31.5 Å². The lowest BCUT2D eigenvalue weighted by Crippen LogP contribution is -2.53. The summed E-state index contributed by atoms with van der Waals surface area (Å²) in [6.07, 6.45) is 8.60. The van der Waals surface area contributed by atoms with Gasteiger partial charge < -0.3 is 14.8 Å². The van der Waals surface area contributed by atoms with Crippen LogP contribution in [0.2, 0.25) is 0 Å². The van der Waals surface area contributed by atoms with Crippen LogP contribution in [-0.4, -0.2) is 39.5 Å². The van der Waals surface area contributed by atoms with E-state index in [1.54, 1.807) is 0 Å². The number of fused-ring (bicyclic) bond motifs is 1. The van der Waals surface area contributed by atoms with Crippen molar-refractivity contribution >= 4 is 5.91 Å². The molecule has 132 valence electrons. The van der Waals surface area contributed by atoms with E-state index in [1.165, 1.54) is 11.1 Å². The van der Waals surface area contributed by atoms with Gasteiger partial charge in [-0.05, 0) is 36.8 Å². The highest BCUT2D eigenvalue weighted by molar-refractivity contribution is 5.77. The fourth-order valence-corrected chi connectivity index (χ4v) is 4.37. The molecule has 25 heavy (non-hydrogen) atoms. The molecular formula is C20H26N4O. The predicted molar refractivity (Wildman–Crippen MR) is 97.1 cm³/mol. The van der Waals surface area contributed by atoms with Gasteiger partial charge in [-0.1, -0.05) is 24.3 Å². The van der Waals surface area contributed by atoms with Crippen LogP contribution < -0.4 is 5.32 Å². The van der Waals surface area contributed by atoms with Gasteiger partial charge in [0.2, 0.25) is 5.91 Å². The fraction of sp³-hybridized carbons (Fsp3) is 0.500. The molecule has 1 saturated heterocycles. The fourth-order valence-electron chi connectivity index (χ4n) is 4.37. The van der Waals surface area contributed by atoms with Gasteiger partial charge in [0.1, 0.15) is 11.9 Å². The molecule has 1 fully saturated rings. The molecule has 5 nitrogen and oxygen atoms in total. The first kappa shape index (κ1) is 16.3. The second-order valence-electron chi connectivity index (χ2n) is 7.37. The number of aryl methyl sites for hydroxylation is 2. The van der Waals surface area contributed by atoms with E-state index in [2.05, 4.69) is 34.6 Å². The van der Waals surface area contributed by atoms with Crippen molar-refractivity contribution < 1.29 is 4.79 Å². The third-order valence-electron chi connectivity index (χ3n) is 5.78. The monoisotopic (exact) mass is 338 g/mol. The van der Waals surface area contributed by atoms with Gasteiger partial charge in [-0.25, -0.2) is 4.98 Å². The summed E-state index contributed by atoms with van der Waals surface area (Å²) >= 11 is 0. The maximum atomic E-state index is 12.3. The third kappa shape index (κ3) is 3.09. The van der Waals surface area contributed by atoms with E-state index in [1.807, 2.05) is 36.0 Å². The van der Waals surface area contributed by atoms with Crippen molar-refractivity contribution in [3.8, 4) is 0 Å². The predicted octanol–water partition coefficient (Wildman–Crippen LogP) is 2.23. The topological polar surface area (TPSA) is 50.2 Å². The molecule has 2 heterocycles. The molecule has 3 atom stereocenters. The minimum Gasteiger partial charge on any atom is -0.336 e. The van der Waals surface area contributed by atoms with Crippen molar-refractivity contribution in [3.63, 3.8) is 0 Å². The number of likely N-dealkylation sites (N-methyl/N-ethyl adjacent to an activating group) is 1.